The molecule has 0 radical (unpaired) electrons. The van der Waals surface area contributed by atoms with Gasteiger partial charge in [-0.2, -0.15) is 4.31 Å². The van der Waals surface area contributed by atoms with E-state index in [4.69, 9.17) is 0 Å². The second-order valence-corrected chi connectivity index (χ2v) is 8.87. The van der Waals surface area contributed by atoms with Crippen LogP contribution < -0.4 is 0 Å². The van der Waals surface area contributed by atoms with E-state index in [-0.39, 0.29) is 10.8 Å². The monoisotopic (exact) mass is 383 g/mol. The third-order valence-electron chi connectivity index (χ3n) is 5.08. The Morgan fingerprint density at radius 1 is 0.962 bits per heavy atom. The highest BCUT2D eigenvalue weighted by Gasteiger charge is 2.30. The van der Waals surface area contributed by atoms with E-state index in [0.29, 0.717) is 32.7 Å². The van der Waals surface area contributed by atoms with E-state index in [9.17, 15) is 17.6 Å². The molecule has 3 rings (SSSR count). The summed E-state index contributed by atoms with van der Waals surface area (Å²) in [6.07, 6.45) is 4.48. The van der Waals surface area contributed by atoms with Crippen molar-refractivity contribution in [2.24, 2.45) is 0 Å². The number of rotatable bonds is 4. The second kappa shape index (κ2) is 8.45. The van der Waals surface area contributed by atoms with E-state index in [2.05, 4.69) is 0 Å². The van der Waals surface area contributed by atoms with Gasteiger partial charge in [0.2, 0.25) is 15.9 Å². The predicted octanol–water partition coefficient (Wildman–Crippen LogP) is 1.53. The molecule has 1 aromatic carbocycles. The molecule has 2 heterocycles. The molecule has 2 aliphatic heterocycles. The maximum Gasteiger partial charge on any atom is 0.243 e. The molecule has 1 aromatic rings. The Bertz CT molecular complexity index is 725. The number of carbonyl (C=O) groups is 1. The zero-order valence-electron chi connectivity index (χ0n) is 14.9. The first-order valence-corrected chi connectivity index (χ1v) is 10.7. The molecule has 6 nitrogen and oxygen atoms in total. The quantitative estimate of drug-likeness (QED) is 0.791. The molecule has 1 amide bonds. The molecule has 0 aliphatic carbocycles. The minimum absolute atomic E-state index is 0.0217. The second-order valence-electron chi connectivity index (χ2n) is 6.93. The predicted molar refractivity (Wildman–Crippen MR) is 96.6 cm³/mol. The summed E-state index contributed by atoms with van der Waals surface area (Å²) in [7, 11) is -3.69. The molecule has 0 bridgehead atoms. The third-order valence-corrected chi connectivity index (χ3v) is 6.98. The van der Waals surface area contributed by atoms with Crippen molar-refractivity contribution in [2.75, 3.05) is 45.8 Å². The van der Waals surface area contributed by atoms with E-state index >= 15 is 0 Å². The van der Waals surface area contributed by atoms with Gasteiger partial charge in [-0.15, -0.1) is 0 Å². The lowest BCUT2D eigenvalue weighted by Crippen LogP contribution is -2.51. The molecule has 0 saturated carbocycles. The maximum atomic E-state index is 13.3. The van der Waals surface area contributed by atoms with Gasteiger partial charge >= 0.3 is 0 Å². The first kappa shape index (κ1) is 19.3. The average Bonchev–Trinajstić information content (AvgIpc) is 2.92. The Morgan fingerprint density at radius 2 is 1.62 bits per heavy atom. The lowest BCUT2D eigenvalue weighted by atomic mass is 10.2. The summed E-state index contributed by atoms with van der Waals surface area (Å²) in [5.41, 5.74) is 0. The number of hydrogen-bond acceptors (Lipinski definition) is 4. The van der Waals surface area contributed by atoms with E-state index < -0.39 is 15.8 Å². The van der Waals surface area contributed by atoms with Crippen molar-refractivity contribution in [3.8, 4) is 0 Å². The first-order chi connectivity index (χ1) is 12.5. The lowest BCUT2D eigenvalue weighted by molar-refractivity contribution is -0.132. The molecule has 2 fully saturated rings. The summed E-state index contributed by atoms with van der Waals surface area (Å²) in [5.74, 6) is -0.430. The van der Waals surface area contributed by atoms with Crippen LogP contribution in [0.4, 0.5) is 4.39 Å². The van der Waals surface area contributed by atoms with Gasteiger partial charge in [0.15, 0.2) is 0 Å². The van der Waals surface area contributed by atoms with Gasteiger partial charge < -0.3 is 4.90 Å². The first-order valence-electron chi connectivity index (χ1n) is 9.23. The van der Waals surface area contributed by atoms with Gasteiger partial charge in [-0.1, -0.05) is 18.9 Å². The largest absolute Gasteiger partial charge is 0.342 e. The molecule has 8 heteroatoms. The van der Waals surface area contributed by atoms with Gasteiger partial charge in [-0.05, 0) is 31.0 Å². The number of carbonyl (C=O) groups excluding carboxylic acids is 1. The van der Waals surface area contributed by atoms with E-state index in [1.54, 1.807) is 0 Å². The molecular weight excluding hydrogens is 357 g/mol. The van der Waals surface area contributed by atoms with Gasteiger partial charge in [0, 0.05) is 39.3 Å². The average molecular weight is 383 g/mol. The van der Waals surface area contributed by atoms with Crippen LogP contribution in [0.25, 0.3) is 0 Å². The standard InChI is InChI=1S/C18H26FN3O3S/c19-16-6-5-7-17(14-16)26(24,25)22-12-10-20(11-13-22)15-18(23)21-8-3-1-2-4-9-21/h5-7,14H,1-4,8-13,15H2. The number of piperazine rings is 1. The number of benzene rings is 1. The number of nitrogens with zero attached hydrogens (tertiary/aromatic N) is 3. The zero-order chi connectivity index (χ0) is 18.6. The van der Waals surface area contributed by atoms with Crippen LogP contribution in [0, 0.1) is 5.82 Å². The number of sulfonamides is 1. The Morgan fingerprint density at radius 3 is 2.23 bits per heavy atom. The van der Waals surface area contributed by atoms with Gasteiger partial charge in [0.25, 0.3) is 0 Å². The number of hydrogen-bond donors (Lipinski definition) is 0. The Balaban J connectivity index is 1.54. The number of halogens is 1. The highest BCUT2D eigenvalue weighted by atomic mass is 32.2. The van der Waals surface area contributed by atoms with Crippen molar-refractivity contribution in [1.82, 2.24) is 14.1 Å². The van der Waals surface area contributed by atoms with Crippen LogP contribution in [0.5, 0.6) is 0 Å². The van der Waals surface area contributed by atoms with Crippen molar-refractivity contribution in [2.45, 2.75) is 30.6 Å². The van der Waals surface area contributed by atoms with Gasteiger partial charge in [-0.3, -0.25) is 9.69 Å². The van der Waals surface area contributed by atoms with Crippen LogP contribution in [0.15, 0.2) is 29.2 Å². The molecule has 0 spiro atoms. The molecule has 144 valence electrons. The minimum atomic E-state index is -3.69. The van der Waals surface area contributed by atoms with Crippen LogP contribution in [0.1, 0.15) is 25.7 Å². The van der Waals surface area contributed by atoms with Crippen LogP contribution in [-0.2, 0) is 14.8 Å². The summed E-state index contributed by atoms with van der Waals surface area (Å²) in [4.78, 5) is 16.4. The highest BCUT2D eigenvalue weighted by molar-refractivity contribution is 7.89. The summed E-state index contributed by atoms with van der Waals surface area (Å²) in [6.45, 7) is 3.63. The van der Waals surface area contributed by atoms with E-state index in [0.717, 1.165) is 32.0 Å². The summed E-state index contributed by atoms with van der Waals surface area (Å²) < 4.78 is 40.0. The van der Waals surface area contributed by atoms with Gasteiger partial charge in [0.1, 0.15) is 5.82 Å². The van der Waals surface area contributed by atoms with Crippen LogP contribution in [0.2, 0.25) is 0 Å². The fourth-order valence-electron chi connectivity index (χ4n) is 3.52. The van der Waals surface area contributed by atoms with Crippen molar-refractivity contribution in [3.05, 3.63) is 30.1 Å². The van der Waals surface area contributed by atoms with Crippen molar-refractivity contribution in [3.63, 3.8) is 0 Å². The summed E-state index contributed by atoms with van der Waals surface area (Å²) >= 11 is 0. The van der Waals surface area contributed by atoms with Gasteiger partial charge in [-0.25, -0.2) is 12.8 Å². The van der Waals surface area contributed by atoms with Crippen molar-refractivity contribution in [1.29, 1.82) is 0 Å². The molecule has 0 aromatic heterocycles. The zero-order valence-corrected chi connectivity index (χ0v) is 15.8. The van der Waals surface area contributed by atoms with Gasteiger partial charge in [0.05, 0.1) is 11.4 Å². The fraction of sp³-hybridized carbons (Fsp3) is 0.611. The Hall–Kier alpha value is -1.51. The maximum absolute atomic E-state index is 13.3. The molecule has 0 unspecified atom stereocenters. The van der Waals surface area contributed by atoms with Crippen molar-refractivity contribution < 1.29 is 17.6 Å². The topological polar surface area (TPSA) is 60.9 Å². The summed E-state index contributed by atoms with van der Waals surface area (Å²) in [5, 5.41) is 0. The number of likely N-dealkylation sites (tertiary alicyclic amines) is 1. The van der Waals surface area contributed by atoms with Crippen molar-refractivity contribution >= 4 is 15.9 Å². The van der Waals surface area contributed by atoms with Crippen LogP contribution >= 0.6 is 0 Å². The minimum Gasteiger partial charge on any atom is -0.342 e. The SMILES string of the molecule is O=C(CN1CCN(S(=O)(=O)c2cccc(F)c2)CC1)N1CCCCCC1. The number of amides is 1. The molecule has 0 N–H and O–H groups in total. The smallest absolute Gasteiger partial charge is 0.243 e. The lowest BCUT2D eigenvalue weighted by Gasteiger charge is -2.34. The highest BCUT2D eigenvalue weighted by Crippen LogP contribution is 2.18. The summed E-state index contributed by atoms with van der Waals surface area (Å²) in [6, 6.07) is 5.09. The Kier molecular flexibility index (Phi) is 6.26. The molecule has 2 aliphatic rings. The third kappa shape index (κ3) is 4.61. The Labute approximate surface area is 154 Å². The normalized spacial score (nSPS) is 20.7. The van der Waals surface area contributed by atoms with E-state index in [1.165, 1.54) is 35.3 Å². The molecule has 0 atom stereocenters. The molecule has 2 saturated heterocycles. The molecule has 26 heavy (non-hydrogen) atoms. The van der Waals surface area contributed by atoms with E-state index in [1.807, 2.05) is 9.80 Å². The van der Waals surface area contributed by atoms with Crippen LogP contribution in [-0.4, -0.2) is 74.2 Å². The molecular formula is C18H26FN3O3S. The fourth-order valence-corrected chi connectivity index (χ4v) is 4.97. The van der Waals surface area contributed by atoms with Crippen LogP contribution in [0.3, 0.4) is 0 Å².